The van der Waals surface area contributed by atoms with Crippen LogP contribution in [0, 0.1) is 0 Å². The Morgan fingerprint density at radius 3 is 1.92 bits per heavy atom. The standard InChI is InChI=1S/C46H26N4S/c1-2-11-27(12-3-1)42-32-14-4-7-18-37(32)47-46(48-42)49-38-19-8-5-13-30(38)35-25-28(21-23-39(35)49)29-22-24-40-36(26-29)31-16-10-17-34-43(31)50(40)44-33-15-6-9-20-41(33)51-45(34)44/h1-26H. The molecule has 51 heavy (non-hydrogen) atoms. The highest BCUT2D eigenvalue weighted by atomic mass is 32.1. The quantitative estimate of drug-likeness (QED) is 0.188. The normalized spacial score (nSPS) is 12.3. The van der Waals surface area contributed by atoms with Gasteiger partial charge in [-0.05, 0) is 53.6 Å². The second kappa shape index (κ2) is 10.0. The van der Waals surface area contributed by atoms with Crippen molar-refractivity contribution in [2.45, 2.75) is 0 Å². The predicted molar refractivity (Wildman–Crippen MR) is 215 cm³/mol. The van der Waals surface area contributed by atoms with E-state index in [-0.39, 0.29) is 0 Å². The van der Waals surface area contributed by atoms with Crippen molar-refractivity contribution in [3.8, 4) is 28.3 Å². The van der Waals surface area contributed by atoms with Crippen molar-refractivity contribution < 1.29 is 0 Å². The van der Waals surface area contributed by atoms with Gasteiger partial charge in [0.05, 0.1) is 43.5 Å². The van der Waals surface area contributed by atoms with Crippen LogP contribution in [0.5, 0.6) is 0 Å². The van der Waals surface area contributed by atoms with Crippen LogP contribution in [0.25, 0.3) is 109 Å². The van der Waals surface area contributed by atoms with E-state index >= 15 is 0 Å². The van der Waals surface area contributed by atoms with Gasteiger partial charge in [0.25, 0.3) is 0 Å². The topological polar surface area (TPSA) is 35.1 Å². The molecule has 7 aromatic carbocycles. The molecule has 0 N–H and O–H groups in total. The third-order valence-electron chi connectivity index (χ3n) is 10.7. The average Bonchev–Trinajstić information content (AvgIpc) is 3.92. The van der Waals surface area contributed by atoms with E-state index in [0.29, 0.717) is 5.95 Å². The molecule has 0 unspecified atom stereocenters. The molecule has 0 spiro atoms. The lowest BCUT2D eigenvalue weighted by molar-refractivity contribution is 1.01. The monoisotopic (exact) mass is 666 g/mol. The van der Waals surface area contributed by atoms with Crippen LogP contribution >= 0.6 is 11.3 Å². The van der Waals surface area contributed by atoms with E-state index in [1.165, 1.54) is 69.4 Å². The maximum Gasteiger partial charge on any atom is 0.235 e. The number of hydrogen-bond acceptors (Lipinski definition) is 3. The molecule has 236 valence electrons. The summed E-state index contributed by atoms with van der Waals surface area (Å²) < 4.78 is 7.43. The fourth-order valence-corrected chi connectivity index (χ4v) is 9.66. The summed E-state index contributed by atoms with van der Waals surface area (Å²) in [6.45, 7) is 0. The van der Waals surface area contributed by atoms with E-state index < -0.39 is 0 Å². The van der Waals surface area contributed by atoms with Crippen molar-refractivity contribution in [3.05, 3.63) is 158 Å². The number of fused-ring (bicyclic) bond motifs is 12. The summed E-state index contributed by atoms with van der Waals surface area (Å²) in [6, 6.07) is 56.7. The predicted octanol–water partition coefficient (Wildman–Crippen LogP) is 12.4. The number of para-hydroxylation sites is 3. The summed E-state index contributed by atoms with van der Waals surface area (Å²) >= 11 is 1.90. The second-order valence-electron chi connectivity index (χ2n) is 13.4. The van der Waals surface area contributed by atoms with Gasteiger partial charge in [0.1, 0.15) is 0 Å². The van der Waals surface area contributed by atoms with Crippen molar-refractivity contribution in [1.29, 1.82) is 0 Å². The first-order valence-electron chi connectivity index (χ1n) is 17.3. The summed E-state index contributed by atoms with van der Waals surface area (Å²) in [5.74, 6) is 0.673. The van der Waals surface area contributed by atoms with E-state index in [4.69, 9.17) is 9.97 Å². The van der Waals surface area contributed by atoms with Crippen LogP contribution in [0.2, 0.25) is 0 Å². The van der Waals surface area contributed by atoms with Crippen LogP contribution in [-0.4, -0.2) is 18.9 Å². The molecule has 5 heteroatoms. The van der Waals surface area contributed by atoms with Crippen LogP contribution in [0.4, 0.5) is 0 Å². The fourth-order valence-electron chi connectivity index (χ4n) is 8.45. The third-order valence-corrected chi connectivity index (χ3v) is 11.9. The first-order valence-corrected chi connectivity index (χ1v) is 18.1. The molecule has 0 bridgehead atoms. The zero-order chi connectivity index (χ0) is 33.2. The van der Waals surface area contributed by atoms with Gasteiger partial charge in [-0.1, -0.05) is 115 Å². The first-order chi connectivity index (χ1) is 25.3. The van der Waals surface area contributed by atoms with E-state index in [1.807, 2.05) is 23.5 Å². The SMILES string of the molecule is c1ccc(-c2nc(-n3c4ccccc4c4cc(-c5ccc6c(c5)c5cccc7c8sc9ccccc9c8n6c57)ccc43)nc3ccccc23)cc1. The van der Waals surface area contributed by atoms with Crippen LogP contribution in [0.15, 0.2) is 158 Å². The zero-order valence-electron chi connectivity index (χ0n) is 27.2. The minimum Gasteiger partial charge on any atom is -0.306 e. The maximum absolute atomic E-state index is 5.25. The molecule has 4 nitrogen and oxygen atoms in total. The molecule has 0 aliphatic rings. The summed E-state index contributed by atoms with van der Waals surface area (Å²) in [5.41, 5.74) is 11.4. The number of hydrogen-bond donors (Lipinski definition) is 0. The van der Waals surface area contributed by atoms with Crippen molar-refractivity contribution in [2.24, 2.45) is 0 Å². The molecule has 0 saturated carbocycles. The van der Waals surface area contributed by atoms with Crippen molar-refractivity contribution in [3.63, 3.8) is 0 Å². The Morgan fingerprint density at radius 1 is 0.412 bits per heavy atom. The van der Waals surface area contributed by atoms with Crippen LogP contribution < -0.4 is 0 Å². The summed E-state index contributed by atoms with van der Waals surface area (Å²) in [6.07, 6.45) is 0. The smallest absolute Gasteiger partial charge is 0.235 e. The third kappa shape index (κ3) is 3.68. The summed E-state index contributed by atoms with van der Waals surface area (Å²) in [7, 11) is 0. The van der Waals surface area contributed by atoms with Gasteiger partial charge >= 0.3 is 0 Å². The molecular formula is C46H26N4S. The van der Waals surface area contributed by atoms with E-state index in [1.54, 1.807) is 0 Å². The van der Waals surface area contributed by atoms with Crippen LogP contribution in [0.3, 0.4) is 0 Å². The molecular weight excluding hydrogens is 641 g/mol. The van der Waals surface area contributed by atoms with Gasteiger partial charge in [0.2, 0.25) is 5.95 Å². The fraction of sp³-hybridized carbons (Fsp3) is 0. The molecule has 0 atom stereocenters. The molecule has 0 fully saturated rings. The first kappa shape index (κ1) is 27.3. The van der Waals surface area contributed by atoms with Gasteiger partial charge in [0.15, 0.2) is 0 Å². The summed E-state index contributed by atoms with van der Waals surface area (Å²) in [5, 5.41) is 8.65. The minimum absolute atomic E-state index is 0.673. The van der Waals surface area contributed by atoms with Gasteiger partial charge in [-0.2, -0.15) is 0 Å². The lowest BCUT2D eigenvalue weighted by Gasteiger charge is -2.12. The molecule has 0 radical (unpaired) electrons. The largest absolute Gasteiger partial charge is 0.306 e. The van der Waals surface area contributed by atoms with Gasteiger partial charge in [-0.25, -0.2) is 9.97 Å². The lowest BCUT2D eigenvalue weighted by Crippen LogP contribution is -2.03. The highest BCUT2D eigenvalue weighted by Crippen LogP contribution is 2.46. The second-order valence-corrected chi connectivity index (χ2v) is 14.4. The average molecular weight is 667 g/mol. The van der Waals surface area contributed by atoms with Gasteiger partial charge < -0.3 is 4.40 Å². The highest BCUT2D eigenvalue weighted by molar-refractivity contribution is 7.26. The maximum atomic E-state index is 5.25. The molecule has 12 rings (SSSR count). The molecule has 5 aromatic heterocycles. The van der Waals surface area contributed by atoms with E-state index in [0.717, 1.165) is 33.2 Å². The Hall–Kier alpha value is -6.56. The molecule has 12 aromatic rings. The van der Waals surface area contributed by atoms with Crippen molar-refractivity contribution in [2.75, 3.05) is 0 Å². The Balaban J connectivity index is 1.08. The number of aromatic nitrogens is 4. The molecule has 0 saturated heterocycles. The zero-order valence-corrected chi connectivity index (χ0v) is 28.0. The highest BCUT2D eigenvalue weighted by Gasteiger charge is 2.22. The number of nitrogens with zero attached hydrogens (tertiary/aromatic N) is 4. The number of rotatable bonds is 3. The Morgan fingerprint density at radius 2 is 1.06 bits per heavy atom. The summed E-state index contributed by atoms with van der Waals surface area (Å²) in [4.78, 5) is 10.4. The van der Waals surface area contributed by atoms with E-state index in [9.17, 15) is 0 Å². The molecule has 0 aliphatic heterocycles. The van der Waals surface area contributed by atoms with Gasteiger partial charge in [-0.15, -0.1) is 11.3 Å². The molecule has 5 heterocycles. The molecule has 0 aliphatic carbocycles. The van der Waals surface area contributed by atoms with Crippen LogP contribution in [-0.2, 0) is 0 Å². The number of thiophene rings is 1. The number of benzene rings is 7. The minimum atomic E-state index is 0.673. The van der Waals surface area contributed by atoms with Gasteiger partial charge in [-0.3, -0.25) is 4.57 Å². The van der Waals surface area contributed by atoms with Crippen molar-refractivity contribution >= 4 is 91.5 Å². The lowest BCUT2D eigenvalue weighted by atomic mass is 10.0. The van der Waals surface area contributed by atoms with Crippen LogP contribution in [0.1, 0.15) is 0 Å². The Bertz CT molecular complexity index is 3370. The Kier molecular flexibility index (Phi) is 5.35. The van der Waals surface area contributed by atoms with Gasteiger partial charge in [0, 0.05) is 48.0 Å². The Labute approximate surface area is 295 Å². The molecule has 0 amide bonds. The van der Waals surface area contributed by atoms with E-state index in [2.05, 4.69) is 155 Å². The van der Waals surface area contributed by atoms with Crippen molar-refractivity contribution in [1.82, 2.24) is 18.9 Å².